The van der Waals surface area contributed by atoms with Gasteiger partial charge in [0.15, 0.2) is 11.8 Å². The molecule has 1 aromatic carbocycles. The summed E-state index contributed by atoms with van der Waals surface area (Å²) in [4.78, 5) is 10.9. The summed E-state index contributed by atoms with van der Waals surface area (Å²) in [7, 11) is 1.80. The summed E-state index contributed by atoms with van der Waals surface area (Å²) in [5.41, 5.74) is 2.49. The number of nitrogens with zero attached hydrogens (tertiary/aromatic N) is 4. The average molecular weight is 471 g/mol. The van der Waals surface area contributed by atoms with Gasteiger partial charge in [0.05, 0.1) is 13.2 Å². The van der Waals surface area contributed by atoms with Crippen molar-refractivity contribution in [1.82, 2.24) is 20.4 Å². The van der Waals surface area contributed by atoms with Gasteiger partial charge in [-0.25, -0.2) is 0 Å². The Hall–Kier alpha value is -1.68. The number of nitrogens with one attached hydrogen (secondary N) is 1. The van der Waals surface area contributed by atoms with Gasteiger partial charge in [-0.2, -0.15) is 4.98 Å². The number of morpholine rings is 1. The van der Waals surface area contributed by atoms with Gasteiger partial charge in [-0.15, -0.1) is 24.0 Å². The largest absolute Gasteiger partial charge is 0.370 e. The molecule has 26 heavy (non-hydrogen) atoms. The topological polar surface area (TPSA) is 75.8 Å². The molecule has 1 N–H and O–H groups in total. The van der Waals surface area contributed by atoms with E-state index in [1.807, 2.05) is 6.92 Å². The highest BCUT2D eigenvalue weighted by Crippen LogP contribution is 2.24. The van der Waals surface area contributed by atoms with E-state index >= 15 is 0 Å². The molecule has 1 aliphatic heterocycles. The van der Waals surface area contributed by atoms with Crippen molar-refractivity contribution < 1.29 is 9.26 Å². The Morgan fingerprint density at radius 1 is 1.35 bits per heavy atom. The minimum absolute atomic E-state index is 0. The molecule has 0 saturated carbocycles. The van der Waals surface area contributed by atoms with E-state index in [0.717, 1.165) is 19.0 Å². The van der Waals surface area contributed by atoms with E-state index in [0.29, 0.717) is 31.3 Å². The van der Waals surface area contributed by atoms with Crippen molar-refractivity contribution in [3.05, 3.63) is 47.1 Å². The summed E-state index contributed by atoms with van der Waals surface area (Å²) in [5.74, 6) is 2.17. The second-order valence-electron chi connectivity index (χ2n) is 6.12. The smallest absolute Gasteiger partial charge is 0.228 e. The van der Waals surface area contributed by atoms with E-state index in [1.54, 1.807) is 7.05 Å². The normalized spacial score (nSPS) is 17.7. The molecule has 1 saturated heterocycles. The first-order valence-corrected chi connectivity index (χ1v) is 8.59. The van der Waals surface area contributed by atoms with E-state index in [9.17, 15) is 0 Å². The fraction of sp³-hybridized carbons (Fsp3) is 0.500. The van der Waals surface area contributed by atoms with Gasteiger partial charge < -0.3 is 19.5 Å². The SMILES string of the molecule is CN=C(NCCc1nc(C)no1)N1CCOC(c2ccccc2C)C1.I. The summed E-state index contributed by atoms with van der Waals surface area (Å²) in [6, 6.07) is 8.37. The third kappa shape index (κ3) is 5.16. The summed E-state index contributed by atoms with van der Waals surface area (Å²) in [5, 5.41) is 7.18. The van der Waals surface area contributed by atoms with Crippen molar-refractivity contribution in [3.63, 3.8) is 0 Å². The number of aromatic nitrogens is 2. The van der Waals surface area contributed by atoms with Crippen LogP contribution in [0.15, 0.2) is 33.8 Å². The van der Waals surface area contributed by atoms with Crippen LogP contribution in [0.5, 0.6) is 0 Å². The van der Waals surface area contributed by atoms with Crippen LogP contribution in [0.3, 0.4) is 0 Å². The lowest BCUT2D eigenvalue weighted by Crippen LogP contribution is -2.48. The molecule has 0 spiro atoms. The molecule has 3 rings (SSSR count). The number of hydrogen-bond donors (Lipinski definition) is 1. The number of ether oxygens (including phenoxy) is 1. The zero-order chi connectivity index (χ0) is 17.6. The lowest BCUT2D eigenvalue weighted by Gasteiger charge is -2.35. The van der Waals surface area contributed by atoms with E-state index in [1.165, 1.54) is 11.1 Å². The fourth-order valence-electron chi connectivity index (χ4n) is 3.03. The Morgan fingerprint density at radius 3 is 2.85 bits per heavy atom. The molecular formula is C18H26IN5O2. The number of halogens is 1. The Balaban J connectivity index is 0.00000243. The van der Waals surface area contributed by atoms with Gasteiger partial charge in [-0.3, -0.25) is 4.99 Å². The molecule has 1 unspecified atom stereocenters. The third-order valence-electron chi connectivity index (χ3n) is 4.30. The van der Waals surface area contributed by atoms with Crippen LogP contribution in [0.1, 0.15) is 28.9 Å². The minimum atomic E-state index is 0. The molecule has 7 nitrogen and oxygen atoms in total. The molecule has 1 atom stereocenters. The zero-order valence-corrected chi connectivity index (χ0v) is 17.8. The van der Waals surface area contributed by atoms with Crippen LogP contribution in [-0.4, -0.2) is 54.3 Å². The zero-order valence-electron chi connectivity index (χ0n) is 15.4. The van der Waals surface area contributed by atoms with E-state index in [-0.39, 0.29) is 30.1 Å². The monoisotopic (exact) mass is 471 g/mol. The standard InChI is InChI=1S/C18H25N5O2.HI/c1-13-6-4-5-7-15(13)16-12-23(10-11-24-16)18(19-3)20-9-8-17-21-14(2)22-25-17;/h4-7,16H,8-12H2,1-3H3,(H,19,20);1H. The van der Waals surface area contributed by atoms with Crippen molar-refractivity contribution in [1.29, 1.82) is 0 Å². The number of benzene rings is 1. The maximum atomic E-state index is 5.99. The quantitative estimate of drug-likeness (QED) is 0.420. The van der Waals surface area contributed by atoms with Gasteiger partial charge in [0.2, 0.25) is 5.89 Å². The third-order valence-corrected chi connectivity index (χ3v) is 4.30. The highest BCUT2D eigenvalue weighted by molar-refractivity contribution is 14.0. The predicted octanol–water partition coefficient (Wildman–Crippen LogP) is 2.50. The Kier molecular flexibility index (Phi) is 7.83. The Morgan fingerprint density at radius 2 is 2.15 bits per heavy atom. The van der Waals surface area contributed by atoms with Crippen LogP contribution in [-0.2, 0) is 11.2 Å². The molecule has 8 heteroatoms. The van der Waals surface area contributed by atoms with Gasteiger partial charge in [0.25, 0.3) is 0 Å². The molecule has 2 heterocycles. The second kappa shape index (κ2) is 9.86. The van der Waals surface area contributed by atoms with Crippen molar-refractivity contribution in [2.75, 3.05) is 33.3 Å². The summed E-state index contributed by atoms with van der Waals surface area (Å²) in [6.07, 6.45) is 0.734. The lowest BCUT2D eigenvalue weighted by atomic mass is 10.0. The Labute approximate surface area is 171 Å². The van der Waals surface area contributed by atoms with Crippen LogP contribution in [0.25, 0.3) is 0 Å². The average Bonchev–Trinajstić information content (AvgIpc) is 3.04. The maximum Gasteiger partial charge on any atom is 0.228 e. The summed E-state index contributed by atoms with van der Waals surface area (Å²) in [6.45, 7) is 6.92. The van der Waals surface area contributed by atoms with Gasteiger partial charge in [0, 0.05) is 26.6 Å². The van der Waals surface area contributed by atoms with Gasteiger partial charge in [-0.1, -0.05) is 29.4 Å². The first kappa shape index (κ1) is 20.6. The first-order chi connectivity index (χ1) is 12.2. The molecule has 0 aliphatic carbocycles. The number of aryl methyl sites for hydroxylation is 2. The highest BCUT2D eigenvalue weighted by Gasteiger charge is 2.25. The predicted molar refractivity (Wildman–Crippen MR) is 111 cm³/mol. The van der Waals surface area contributed by atoms with Crippen molar-refractivity contribution in [3.8, 4) is 0 Å². The first-order valence-electron chi connectivity index (χ1n) is 8.59. The number of guanidine groups is 1. The molecule has 142 valence electrons. The van der Waals surface area contributed by atoms with Crippen LogP contribution < -0.4 is 5.32 Å². The molecular weight excluding hydrogens is 445 g/mol. The lowest BCUT2D eigenvalue weighted by molar-refractivity contribution is -0.00830. The summed E-state index contributed by atoms with van der Waals surface area (Å²) < 4.78 is 11.1. The molecule has 1 aromatic heterocycles. The van der Waals surface area contributed by atoms with Crippen molar-refractivity contribution >= 4 is 29.9 Å². The second-order valence-corrected chi connectivity index (χ2v) is 6.12. The molecule has 0 amide bonds. The summed E-state index contributed by atoms with van der Waals surface area (Å²) >= 11 is 0. The molecule has 1 aliphatic rings. The number of hydrogen-bond acceptors (Lipinski definition) is 5. The highest BCUT2D eigenvalue weighted by atomic mass is 127. The van der Waals surface area contributed by atoms with Gasteiger partial charge in [-0.05, 0) is 25.0 Å². The van der Waals surface area contributed by atoms with E-state index in [2.05, 4.69) is 56.5 Å². The molecule has 0 radical (unpaired) electrons. The van der Waals surface area contributed by atoms with Crippen LogP contribution in [0, 0.1) is 13.8 Å². The van der Waals surface area contributed by atoms with Gasteiger partial charge in [0.1, 0.15) is 6.10 Å². The van der Waals surface area contributed by atoms with Gasteiger partial charge >= 0.3 is 0 Å². The number of aliphatic imine (C=N–C) groups is 1. The molecule has 2 aromatic rings. The Bertz CT molecular complexity index is 734. The van der Waals surface area contributed by atoms with E-state index < -0.39 is 0 Å². The molecule has 0 bridgehead atoms. The van der Waals surface area contributed by atoms with Crippen LogP contribution in [0.4, 0.5) is 0 Å². The minimum Gasteiger partial charge on any atom is -0.370 e. The van der Waals surface area contributed by atoms with Crippen LogP contribution in [0.2, 0.25) is 0 Å². The fourth-order valence-corrected chi connectivity index (χ4v) is 3.03. The molecule has 1 fully saturated rings. The van der Waals surface area contributed by atoms with E-state index in [4.69, 9.17) is 9.26 Å². The number of rotatable bonds is 4. The van der Waals surface area contributed by atoms with Crippen molar-refractivity contribution in [2.24, 2.45) is 4.99 Å². The maximum absolute atomic E-state index is 5.99. The van der Waals surface area contributed by atoms with Crippen molar-refractivity contribution in [2.45, 2.75) is 26.4 Å². The van der Waals surface area contributed by atoms with Crippen LogP contribution >= 0.6 is 24.0 Å².